The topological polar surface area (TPSA) is 99.8 Å². The van der Waals surface area contributed by atoms with Crippen molar-refractivity contribution in [2.24, 2.45) is 0 Å². The van der Waals surface area contributed by atoms with Crippen molar-refractivity contribution in [3.8, 4) is 28.8 Å². The van der Waals surface area contributed by atoms with Crippen molar-refractivity contribution in [2.45, 2.75) is 31.7 Å². The van der Waals surface area contributed by atoms with Crippen LogP contribution in [0.15, 0.2) is 48.8 Å². The van der Waals surface area contributed by atoms with Crippen LogP contribution in [0.5, 0.6) is 5.75 Å². The minimum atomic E-state index is -0.624. The lowest BCUT2D eigenvalue weighted by molar-refractivity contribution is -0.128. The molecule has 0 unspecified atom stereocenters. The van der Waals surface area contributed by atoms with Crippen molar-refractivity contribution in [3.05, 3.63) is 70.7 Å². The molecule has 0 radical (unpaired) electrons. The lowest BCUT2D eigenvalue weighted by Crippen LogP contribution is -2.43. The fraction of sp³-hybridized carbons (Fsp3) is 0.344. The first-order valence-electron chi connectivity index (χ1n) is 13.8. The Morgan fingerprint density at radius 2 is 2.19 bits per heavy atom. The number of esters is 1. The highest BCUT2D eigenvalue weighted by molar-refractivity contribution is 6.32. The van der Waals surface area contributed by atoms with E-state index in [9.17, 15) is 9.59 Å². The first-order valence-corrected chi connectivity index (χ1v) is 14.2. The molecule has 0 spiro atoms. The molecule has 1 atom stereocenters. The number of rotatable bonds is 7. The second-order valence-corrected chi connectivity index (χ2v) is 11.2. The van der Waals surface area contributed by atoms with Crippen molar-refractivity contribution < 1.29 is 19.1 Å². The van der Waals surface area contributed by atoms with Gasteiger partial charge in [0.25, 0.3) is 0 Å². The van der Waals surface area contributed by atoms with Gasteiger partial charge in [-0.3, -0.25) is 9.78 Å². The Bertz CT molecular complexity index is 1600. The lowest BCUT2D eigenvalue weighted by Gasteiger charge is -2.29. The van der Waals surface area contributed by atoms with Crippen molar-refractivity contribution in [1.82, 2.24) is 19.8 Å². The van der Waals surface area contributed by atoms with Crippen LogP contribution >= 0.6 is 11.6 Å². The molecule has 0 saturated carbocycles. The van der Waals surface area contributed by atoms with Crippen LogP contribution in [0.25, 0.3) is 11.3 Å². The third-order valence-electron chi connectivity index (χ3n) is 7.49. The molecular formula is C32H34ClN5O4. The first kappa shape index (κ1) is 29.2. The van der Waals surface area contributed by atoms with Gasteiger partial charge in [0.15, 0.2) is 5.75 Å². The molecule has 0 aliphatic carbocycles. The number of anilines is 2. The van der Waals surface area contributed by atoms with Crippen LogP contribution in [-0.4, -0.2) is 78.1 Å². The van der Waals surface area contributed by atoms with Gasteiger partial charge >= 0.3 is 5.97 Å². The highest BCUT2D eigenvalue weighted by Crippen LogP contribution is 2.42. The molecule has 10 heteroatoms. The van der Waals surface area contributed by atoms with Gasteiger partial charge in [0, 0.05) is 49.2 Å². The molecule has 2 aromatic heterocycles. The minimum absolute atomic E-state index is 0.0462. The molecule has 3 aromatic rings. The number of amides is 1. The quantitative estimate of drug-likeness (QED) is 0.227. The Labute approximate surface area is 250 Å². The van der Waals surface area contributed by atoms with Crippen molar-refractivity contribution in [1.29, 1.82) is 0 Å². The molecule has 0 bridgehead atoms. The van der Waals surface area contributed by atoms with Crippen molar-refractivity contribution in [3.63, 3.8) is 0 Å². The number of ether oxygens (including phenoxy) is 2. The number of carbonyl (C=O) groups is 2. The number of fused-ring (bicyclic) bond motifs is 1. The number of hydrogen-bond donors (Lipinski definition) is 2. The molecule has 1 fully saturated rings. The number of methoxy groups -OCH3 is 1. The monoisotopic (exact) mass is 587 g/mol. The van der Waals surface area contributed by atoms with Crippen LogP contribution < -0.4 is 10.1 Å². The number of likely N-dealkylation sites (N-methyl/N-ethyl adjacent to an activating group) is 1. The van der Waals surface area contributed by atoms with Gasteiger partial charge in [0.2, 0.25) is 5.91 Å². The van der Waals surface area contributed by atoms with E-state index in [4.69, 9.17) is 21.1 Å². The minimum Gasteiger partial charge on any atom is -0.493 e. The summed E-state index contributed by atoms with van der Waals surface area (Å²) in [5, 5.41) is 3.81. The smallest absolute Gasteiger partial charge is 0.342 e. The summed E-state index contributed by atoms with van der Waals surface area (Å²) in [4.78, 5) is 37.6. The van der Waals surface area contributed by atoms with Crippen LogP contribution in [0, 0.1) is 11.8 Å². The molecule has 2 aliphatic heterocycles. The molecule has 1 saturated heterocycles. The Morgan fingerprint density at radius 1 is 1.36 bits per heavy atom. The summed E-state index contributed by atoms with van der Waals surface area (Å²) in [6.45, 7) is 3.63. The molecule has 2 aliphatic rings. The van der Waals surface area contributed by atoms with E-state index in [1.807, 2.05) is 49.0 Å². The van der Waals surface area contributed by atoms with Gasteiger partial charge in [-0.2, -0.15) is 0 Å². The standard InChI is InChI=1S/C32H34ClN5O4/c1-32(14-7-18-38(32)26(39)10-6-17-37(2)3)15-11-21-20-34-16-12-22(21)28-29(27-24(35-28)13-19-42-31(27)40)36-25-9-5-8-23(33)30(25)41-4/h5-6,8-10,12,16,20,35-36H,7,13-14,17-19H2,1-4H3/b10-6+/t32-/m0/s1. The largest absolute Gasteiger partial charge is 0.493 e. The number of para-hydroxylation sites is 1. The molecule has 218 valence electrons. The number of H-pyrrole nitrogens is 1. The highest BCUT2D eigenvalue weighted by atomic mass is 35.5. The number of aromatic amines is 1. The van der Waals surface area contributed by atoms with Crippen LogP contribution in [-0.2, 0) is 16.0 Å². The number of benzene rings is 1. The van der Waals surface area contributed by atoms with Gasteiger partial charge in [-0.25, -0.2) is 4.79 Å². The number of likely N-dealkylation sites (tertiary alicyclic amines) is 1. The number of nitrogens with zero attached hydrogens (tertiary/aromatic N) is 3. The molecule has 5 rings (SSSR count). The predicted octanol–water partition coefficient (Wildman–Crippen LogP) is 5.05. The number of halogens is 1. The van der Waals surface area contributed by atoms with Crippen molar-refractivity contribution >= 4 is 34.9 Å². The Kier molecular flexibility index (Phi) is 8.57. The molecule has 1 aromatic carbocycles. The van der Waals surface area contributed by atoms with E-state index in [1.54, 1.807) is 37.7 Å². The number of hydrogen-bond acceptors (Lipinski definition) is 7. The van der Waals surface area contributed by atoms with E-state index in [-0.39, 0.29) is 5.91 Å². The SMILES string of the molecule is COc1c(Cl)cccc1Nc1c(-c2ccncc2C#C[C@]2(C)CCCN2C(=O)/C=C/CN(C)C)[nH]c2c1C(=O)OCC2. The molecule has 2 N–H and O–H groups in total. The molecule has 42 heavy (non-hydrogen) atoms. The fourth-order valence-corrected chi connectivity index (χ4v) is 5.63. The van der Waals surface area contributed by atoms with E-state index in [1.165, 1.54) is 0 Å². The number of aromatic nitrogens is 2. The molecule has 9 nitrogen and oxygen atoms in total. The van der Waals surface area contributed by atoms with E-state index in [2.05, 4.69) is 27.1 Å². The third kappa shape index (κ3) is 5.87. The average molecular weight is 588 g/mol. The lowest BCUT2D eigenvalue weighted by atomic mass is 9.97. The van der Waals surface area contributed by atoms with E-state index >= 15 is 0 Å². The zero-order valence-electron chi connectivity index (χ0n) is 24.2. The molecule has 4 heterocycles. The van der Waals surface area contributed by atoms with Gasteiger partial charge in [-0.15, -0.1) is 0 Å². The summed E-state index contributed by atoms with van der Waals surface area (Å²) in [5.74, 6) is 6.70. The maximum absolute atomic E-state index is 13.0. The van der Waals surface area contributed by atoms with Crippen LogP contribution in [0.4, 0.5) is 11.4 Å². The van der Waals surface area contributed by atoms with Crippen LogP contribution in [0.2, 0.25) is 5.02 Å². The Balaban J connectivity index is 1.55. The second kappa shape index (κ2) is 12.3. The van der Waals surface area contributed by atoms with Gasteiger partial charge in [-0.1, -0.05) is 35.6 Å². The normalized spacial score (nSPS) is 18.0. The van der Waals surface area contributed by atoms with E-state index in [0.717, 1.165) is 24.1 Å². The van der Waals surface area contributed by atoms with E-state index in [0.29, 0.717) is 65.1 Å². The van der Waals surface area contributed by atoms with Gasteiger partial charge in [0.1, 0.15) is 11.1 Å². The summed E-state index contributed by atoms with van der Waals surface area (Å²) in [7, 11) is 5.46. The summed E-state index contributed by atoms with van der Waals surface area (Å²) in [6.07, 6.45) is 9.08. The fourth-order valence-electron chi connectivity index (χ4n) is 5.37. The van der Waals surface area contributed by atoms with Gasteiger partial charge in [-0.05, 0) is 52.1 Å². The number of cyclic esters (lactones) is 1. The number of pyridine rings is 1. The second-order valence-electron chi connectivity index (χ2n) is 10.8. The maximum atomic E-state index is 13.0. The zero-order chi connectivity index (χ0) is 29.9. The van der Waals surface area contributed by atoms with Gasteiger partial charge < -0.3 is 29.6 Å². The Morgan fingerprint density at radius 3 is 2.98 bits per heavy atom. The number of nitrogens with one attached hydrogen (secondary N) is 2. The van der Waals surface area contributed by atoms with Gasteiger partial charge in [0.05, 0.1) is 41.4 Å². The van der Waals surface area contributed by atoms with Crippen molar-refractivity contribution in [2.75, 3.05) is 46.2 Å². The predicted molar refractivity (Wildman–Crippen MR) is 163 cm³/mol. The van der Waals surface area contributed by atoms with Crippen LogP contribution in [0.1, 0.15) is 41.4 Å². The highest BCUT2D eigenvalue weighted by Gasteiger charge is 2.37. The first-order chi connectivity index (χ1) is 20.2. The summed E-state index contributed by atoms with van der Waals surface area (Å²) in [5.41, 5.74) is 3.80. The van der Waals surface area contributed by atoms with E-state index < -0.39 is 11.5 Å². The molecule has 1 amide bonds. The summed E-state index contributed by atoms with van der Waals surface area (Å²) in [6, 6.07) is 7.23. The maximum Gasteiger partial charge on any atom is 0.342 e. The number of carbonyl (C=O) groups excluding carboxylic acids is 2. The zero-order valence-corrected chi connectivity index (χ0v) is 25.0. The average Bonchev–Trinajstić information content (AvgIpc) is 3.53. The third-order valence-corrected chi connectivity index (χ3v) is 7.79. The summed E-state index contributed by atoms with van der Waals surface area (Å²) < 4.78 is 10.9. The van der Waals surface area contributed by atoms with Crippen LogP contribution in [0.3, 0.4) is 0 Å². The molecular weight excluding hydrogens is 554 g/mol. The summed E-state index contributed by atoms with van der Waals surface area (Å²) >= 11 is 6.39. The Hall–Kier alpha value is -4.26.